The van der Waals surface area contributed by atoms with Gasteiger partial charge in [-0.2, -0.15) is 0 Å². The second-order valence-corrected chi connectivity index (χ2v) is 0. The summed E-state index contributed by atoms with van der Waals surface area (Å²) < 4.78 is 0. The quantitative estimate of drug-likeness (QED) is 0.321. The van der Waals surface area contributed by atoms with Crippen LogP contribution < -0.4 is 0 Å². The first-order valence-electron chi connectivity index (χ1n) is 0. The van der Waals surface area contributed by atoms with Crippen molar-refractivity contribution in [2.24, 2.45) is 0 Å². The van der Waals surface area contributed by atoms with Crippen molar-refractivity contribution < 1.29 is 1.43 Å². The van der Waals surface area contributed by atoms with Gasteiger partial charge >= 0.3 is 208 Å². The van der Waals surface area contributed by atoms with Crippen molar-refractivity contribution >= 4 is 207 Å². The molecule has 0 aliphatic rings. The fraction of sp³-hybridized carbons (Fsp3) is 0. The van der Waals surface area contributed by atoms with E-state index in [0.29, 0.717) is 0 Å². The zero-order valence-corrected chi connectivity index (χ0v) is 0. The van der Waals surface area contributed by atoms with E-state index in [0.717, 1.165) is 0 Å². The Morgan fingerprint density at radius 2 is 0.286 bits per heavy atom. The molecule has 0 amide bonds. The van der Waals surface area contributed by atoms with E-state index >= 15 is 0 Å². The van der Waals surface area contributed by atoms with Crippen LogP contribution >= 0.6 is 0 Å². The van der Waals surface area contributed by atoms with Gasteiger partial charge in [0.05, 0.1) is 0 Å². The summed E-state index contributed by atoms with van der Waals surface area (Å²) in [7, 11) is 0. The maximum atomic E-state index is 0. The van der Waals surface area contributed by atoms with Crippen molar-refractivity contribution in [2.75, 3.05) is 0 Å². The summed E-state index contributed by atoms with van der Waals surface area (Å²) in [6.45, 7) is 0. The van der Waals surface area contributed by atoms with Crippen LogP contribution in [-0.2, 0) is 0 Å². The molecule has 0 N–H and O–H groups in total. The van der Waals surface area contributed by atoms with E-state index in [-0.39, 0.29) is 208 Å². The average molecular weight is 169 g/mol. The molecule has 0 rings (SSSR count). The second kappa shape index (κ2) is 38.2. The molecular weight excluding hydrogens is 161 g/mol. The Kier molecular flexibility index (Phi) is 264. The van der Waals surface area contributed by atoms with E-state index in [1.165, 1.54) is 0 Å². The molecule has 0 aliphatic heterocycles. The maximum absolute atomic E-state index is 0. The molecule has 0 aromatic rings. The Bertz CT molecular complexity index is 4.35. The zero-order valence-electron chi connectivity index (χ0n) is 1.00. The summed E-state index contributed by atoms with van der Waals surface area (Å²) in [4.78, 5) is 0. The predicted molar refractivity (Wildman–Crippen MR) is 51.2 cm³/mol. The molecule has 7 heteroatoms. The summed E-state index contributed by atoms with van der Waals surface area (Å²) in [5.41, 5.74) is 0. The molecule has 0 aromatic heterocycles. The third-order valence-electron chi connectivity index (χ3n) is 0. The fourth-order valence-corrected chi connectivity index (χ4v) is 0. The Hall–Kier alpha value is 7.00. The van der Waals surface area contributed by atoms with Crippen molar-refractivity contribution in [1.82, 2.24) is 0 Å². The van der Waals surface area contributed by atoms with Crippen LogP contribution in [0.4, 0.5) is 0 Å². The summed E-state index contributed by atoms with van der Waals surface area (Å²) in [6.07, 6.45) is 0. The van der Waals surface area contributed by atoms with Gasteiger partial charge in [0.1, 0.15) is 0 Å². The molecule has 0 aromatic carbocycles. The summed E-state index contributed by atoms with van der Waals surface area (Å²) in [6, 6.07) is 0. The standard InChI is InChI=1S/7Na.7H/p+1. The third-order valence-corrected chi connectivity index (χ3v) is 0. The van der Waals surface area contributed by atoms with Crippen LogP contribution in [0.2, 0.25) is 0 Å². The van der Waals surface area contributed by atoms with Crippen LogP contribution in [0.15, 0.2) is 0 Å². The Balaban J connectivity index is 0. The fourth-order valence-electron chi connectivity index (χ4n) is 0. The number of rotatable bonds is 0. The van der Waals surface area contributed by atoms with Crippen molar-refractivity contribution in [3.63, 3.8) is 0 Å². The first-order chi connectivity index (χ1) is 0. The summed E-state index contributed by atoms with van der Waals surface area (Å²) in [5, 5.41) is 0. The summed E-state index contributed by atoms with van der Waals surface area (Å²) >= 11 is 0. The van der Waals surface area contributed by atoms with E-state index < -0.39 is 0 Å². The van der Waals surface area contributed by atoms with Crippen molar-refractivity contribution in [3.8, 4) is 0 Å². The van der Waals surface area contributed by atoms with Gasteiger partial charge in [-0.1, -0.05) is 0 Å². The Morgan fingerprint density at radius 1 is 0.286 bits per heavy atom. The minimum absolute atomic E-state index is 0. The molecule has 0 spiro atoms. The monoisotopic (exact) mass is 169 g/mol. The van der Waals surface area contributed by atoms with Gasteiger partial charge in [-0.05, 0) is 0 Å². The first kappa shape index (κ1) is 48.3. The SMILES string of the molecule is [H+].[NaH].[NaH].[NaH].[NaH].[NaH].[NaH].[NaH]. The van der Waals surface area contributed by atoms with Crippen LogP contribution in [0.3, 0.4) is 0 Å². The second-order valence-electron chi connectivity index (χ2n) is 0. The van der Waals surface area contributed by atoms with Gasteiger partial charge in [-0.3, -0.25) is 0 Å². The minimum atomic E-state index is 0. The Labute approximate surface area is 202 Å². The molecule has 0 radical (unpaired) electrons. The topological polar surface area (TPSA) is 0 Å². The molecule has 0 nitrogen and oxygen atoms in total. The molecular formula is H8Na7+. The zero-order chi connectivity index (χ0) is 0. The molecule has 7 heavy (non-hydrogen) atoms. The van der Waals surface area contributed by atoms with Crippen LogP contribution in [0.25, 0.3) is 0 Å². The average Bonchev–Trinajstić information content (AvgIpc) is 0. The van der Waals surface area contributed by atoms with E-state index in [2.05, 4.69) is 0 Å². The molecule has 0 atom stereocenters. The molecule has 0 aliphatic carbocycles. The normalized spacial score (nSPS) is 0. The van der Waals surface area contributed by atoms with E-state index in [9.17, 15) is 0 Å². The van der Waals surface area contributed by atoms with Gasteiger partial charge in [-0.25, -0.2) is 0 Å². The third kappa shape index (κ3) is 32.1. The van der Waals surface area contributed by atoms with Gasteiger partial charge in [0, 0.05) is 0 Å². The van der Waals surface area contributed by atoms with Gasteiger partial charge in [-0.15, -0.1) is 0 Å². The van der Waals surface area contributed by atoms with Crippen LogP contribution in [-0.4, -0.2) is 207 Å². The van der Waals surface area contributed by atoms with Crippen LogP contribution in [0.1, 0.15) is 1.43 Å². The molecule has 0 bridgehead atoms. The van der Waals surface area contributed by atoms with Gasteiger partial charge in [0.25, 0.3) is 0 Å². The van der Waals surface area contributed by atoms with E-state index in [4.69, 9.17) is 0 Å². The van der Waals surface area contributed by atoms with Gasteiger partial charge in [0.15, 0.2) is 0 Å². The van der Waals surface area contributed by atoms with Crippen molar-refractivity contribution in [3.05, 3.63) is 0 Å². The van der Waals surface area contributed by atoms with Crippen LogP contribution in [0.5, 0.6) is 0 Å². The molecule has 0 saturated carbocycles. The molecule has 0 unspecified atom stereocenters. The van der Waals surface area contributed by atoms with E-state index in [1.54, 1.807) is 0 Å². The van der Waals surface area contributed by atoms with Crippen molar-refractivity contribution in [1.29, 1.82) is 0 Å². The number of hydrogen-bond donors (Lipinski definition) is 0. The van der Waals surface area contributed by atoms with Gasteiger partial charge in [0.2, 0.25) is 0 Å². The predicted octanol–water partition coefficient (Wildman–Crippen LogP) is -4.43. The molecule has 0 heterocycles. The number of hydrogen-bond acceptors (Lipinski definition) is 0. The van der Waals surface area contributed by atoms with Gasteiger partial charge < -0.3 is 0 Å². The van der Waals surface area contributed by atoms with E-state index in [1.807, 2.05) is 0 Å². The first-order valence-corrected chi connectivity index (χ1v) is 0. The van der Waals surface area contributed by atoms with Crippen LogP contribution in [0, 0.1) is 0 Å². The molecule has 0 fully saturated rings. The molecule has 0 saturated heterocycles. The molecule has 14 valence electrons. The Morgan fingerprint density at radius 3 is 0.286 bits per heavy atom. The van der Waals surface area contributed by atoms with Crippen molar-refractivity contribution in [2.45, 2.75) is 0 Å². The summed E-state index contributed by atoms with van der Waals surface area (Å²) in [5.74, 6) is 0.